The van der Waals surface area contributed by atoms with Gasteiger partial charge in [0.2, 0.25) is 5.95 Å². The van der Waals surface area contributed by atoms with Crippen LogP contribution in [0.2, 0.25) is 0 Å². The lowest BCUT2D eigenvalue weighted by Crippen LogP contribution is -2.44. The highest BCUT2D eigenvalue weighted by atomic mass is 16.5. The Bertz CT molecular complexity index is 475. The summed E-state index contributed by atoms with van der Waals surface area (Å²) in [6.07, 6.45) is 3.15. The van der Waals surface area contributed by atoms with Gasteiger partial charge in [0.15, 0.2) is 0 Å². The van der Waals surface area contributed by atoms with E-state index in [2.05, 4.69) is 32.0 Å². The van der Waals surface area contributed by atoms with Gasteiger partial charge in [0.25, 0.3) is 0 Å². The minimum atomic E-state index is 0.620. The number of anilines is 1. The van der Waals surface area contributed by atoms with Gasteiger partial charge in [0.1, 0.15) is 0 Å². The Labute approximate surface area is 126 Å². The third-order valence-corrected chi connectivity index (χ3v) is 4.44. The second kappa shape index (κ2) is 6.68. The van der Waals surface area contributed by atoms with Crippen LogP contribution in [0.4, 0.5) is 5.95 Å². The first-order valence-electron chi connectivity index (χ1n) is 7.82. The molecule has 3 rings (SSSR count). The second-order valence-electron chi connectivity index (χ2n) is 5.85. The molecule has 0 radical (unpaired) electrons. The monoisotopic (exact) mass is 291 g/mol. The van der Waals surface area contributed by atoms with Gasteiger partial charge < -0.3 is 15.0 Å². The first-order chi connectivity index (χ1) is 10.3. The van der Waals surface area contributed by atoms with Gasteiger partial charge >= 0.3 is 0 Å². The standard InChI is InChI=1S/C15H25N5O/c1-12-13(9-16-2)10-17-15(18-12)20-4-3-14(11-20)19-5-7-21-8-6-19/h10,14,16H,3-9,11H2,1-2H3. The highest BCUT2D eigenvalue weighted by Crippen LogP contribution is 2.21. The number of aromatic nitrogens is 2. The lowest BCUT2D eigenvalue weighted by atomic mass is 10.2. The van der Waals surface area contributed by atoms with Crippen LogP contribution in [-0.4, -0.2) is 67.4 Å². The molecule has 3 heterocycles. The summed E-state index contributed by atoms with van der Waals surface area (Å²) < 4.78 is 5.44. The Hall–Kier alpha value is -1.24. The topological polar surface area (TPSA) is 53.5 Å². The fourth-order valence-electron chi connectivity index (χ4n) is 3.16. The third-order valence-electron chi connectivity index (χ3n) is 4.44. The van der Waals surface area contributed by atoms with Crippen LogP contribution in [0.1, 0.15) is 17.7 Å². The molecule has 116 valence electrons. The zero-order valence-electron chi connectivity index (χ0n) is 13.0. The van der Waals surface area contributed by atoms with E-state index in [9.17, 15) is 0 Å². The summed E-state index contributed by atoms with van der Waals surface area (Å²) in [7, 11) is 1.95. The highest BCUT2D eigenvalue weighted by molar-refractivity contribution is 5.35. The Kier molecular flexibility index (Phi) is 4.67. The van der Waals surface area contributed by atoms with E-state index in [-0.39, 0.29) is 0 Å². The summed E-state index contributed by atoms with van der Waals surface area (Å²) in [6.45, 7) is 8.81. The van der Waals surface area contributed by atoms with Gasteiger partial charge in [-0.3, -0.25) is 4.90 Å². The van der Waals surface area contributed by atoms with Crippen LogP contribution in [0, 0.1) is 6.92 Å². The molecule has 6 heteroatoms. The Balaban J connectivity index is 1.64. The number of hydrogen-bond acceptors (Lipinski definition) is 6. The van der Waals surface area contributed by atoms with Crippen LogP contribution in [0.15, 0.2) is 6.20 Å². The molecule has 1 aromatic rings. The first-order valence-corrected chi connectivity index (χ1v) is 7.82. The maximum Gasteiger partial charge on any atom is 0.225 e. The molecule has 2 aliphatic rings. The molecule has 2 fully saturated rings. The largest absolute Gasteiger partial charge is 0.379 e. The van der Waals surface area contributed by atoms with Gasteiger partial charge in [-0.25, -0.2) is 9.97 Å². The van der Waals surface area contributed by atoms with Gasteiger partial charge in [-0.05, 0) is 20.4 Å². The van der Waals surface area contributed by atoms with E-state index < -0.39 is 0 Å². The molecule has 0 spiro atoms. The molecule has 0 aliphatic carbocycles. The SMILES string of the molecule is CNCc1cnc(N2CCC(N3CCOCC3)C2)nc1C. The normalized spacial score (nSPS) is 23.7. The molecule has 2 saturated heterocycles. The quantitative estimate of drug-likeness (QED) is 0.867. The van der Waals surface area contributed by atoms with Crippen molar-refractivity contribution in [3.8, 4) is 0 Å². The predicted molar refractivity (Wildman–Crippen MR) is 82.5 cm³/mol. The van der Waals surface area contributed by atoms with Crippen molar-refractivity contribution in [2.24, 2.45) is 0 Å². The van der Waals surface area contributed by atoms with Gasteiger partial charge in [-0.2, -0.15) is 0 Å². The summed E-state index contributed by atoms with van der Waals surface area (Å²) in [4.78, 5) is 14.1. The van der Waals surface area contributed by atoms with Crippen molar-refractivity contribution in [2.45, 2.75) is 25.9 Å². The molecular weight excluding hydrogens is 266 g/mol. The van der Waals surface area contributed by atoms with Crippen LogP contribution in [0.25, 0.3) is 0 Å². The lowest BCUT2D eigenvalue weighted by Gasteiger charge is -2.32. The van der Waals surface area contributed by atoms with Gasteiger partial charge in [0.05, 0.1) is 13.2 Å². The van der Waals surface area contributed by atoms with Crippen molar-refractivity contribution in [2.75, 3.05) is 51.3 Å². The number of aryl methyl sites for hydroxylation is 1. The molecule has 1 atom stereocenters. The molecule has 1 aromatic heterocycles. The molecule has 2 aliphatic heterocycles. The van der Waals surface area contributed by atoms with Crippen LogP contribution < -0.4 is 10.2 Å². The van der Waals surface area contributed by atoms with Gasteiger partial charge in [-0.15, -0.1) is 0 Å². The summed E-state index contributed by atoms with van der Waals surface area (Å²) >= 11 is 0. The fraction of sp³-hybridized carbons (Fsp3) is 0.733. The summed E-state index contributed by atoms with van der Waals surface area (Å²) in [6, 6.07) is 0.620. The summed E-state index contributed by atoms with van der Waals surface area (Å²) in [5.41, 5.74) is 2.24. The zero-order chi connectivity index (χ0) is 14.7. The number of rotatable bonds is 4. The van der Waals surface area contributed by atoms with Crippen molar-refractivity contribution in [3.63, 3.8) is 0 Å². The maximum absolute atomic E-state index is 5.44. The molecule has 0 aromatic carbocycles. The van der Waals surface area contributed by atoms with Crippen molar-refractivity contribution in [1.82, 2.24) is 20.2 Å². The molecule has 0 saturated carbocycles. The predicted octanol–water partition coefficient (Wildman–Crippen LogP) is 0.415. The maximum atomic E-state index is 5.44. The number of ether oxygens (including phenoxy) is 1. The van der Waals surface area contributed by atoms with Crippen molar-refractivity contribution in [3.05, 3.63) is 17.5 Å². The van der Waals surface area contributed by atoms with Crippen LogP contribution in [0.3, 0.4) is 0 Å². The van der Waals surface area contributed by atoms with Crippen molar-refractivity contribution >= 4 is 5.95 Å². The Morgan fingerprint density at radius 2 is 2.14 bits per heavy atom. The Morgan fingerprint density at radius 3 is 2.86 bits per heavy atom. The Morgan fingerprint density at radius 1 is 1.33 bits per heavy atom. The number of nitrogens with zero attached hydrogens (tertiary/aromatic N) is 4. The highest BCUT2D eigenvalue weighted by Gasteiger charge is 2.30. The molecule has 0 amide bonds. The average molecular weight is 291 g/mol. The molecule has 21 heavy (non-hydrogen) atoms. The second-order valence-corrected chi connectivity index (χ2v) is 5.85. The fourth-order valence-corrected chi connectivity index (χ4v) is 3.16. The molecule has 0 bridgehead atoms. The third kappa shape index (κ3) is 3.33. The number of nitrogens with one attached hydrogen (secondary N) is 1. The van der Waals surface area contributed by atoms with Gasteiger partial charge in [0, 0.05) is 56.2 Å². The van der Waals surface area contributed by atoms with Crippen LogP contribution in [-0.2, 0) is 11.3 Å². The van der Waals surface area contributed by atoms with E-state index in [1.165, 1.54) is 12.0 Å². The smallest absolute Gasteiger partial charge is 0.225 e. The van der Waals surface area contributed by atoms with E-state index in [4.69, 9.17) is 4.74 Å². The molecule has 1 unspecified atom stereocenters. The molecule has 6 nitrogen and oxygen atoms in total. The lowest BCUT2D eigenvalue weighted by molar-refractivity contribution is 0.0209. The van der Waals surface area contributed by atoms with E-state index in [1.54, 1.807) is 0 Å². The van der Waals surface area contributed by atoms with Crippen molar-refractivity contribution in [1.29, 1.82) is 0 Å². The summed E-state index contributed by atoms with van der Waals surface area (Å²) in [5, 5.41) is 3.15. The number of hydrogen-bond donors (Lipinski definition) is 1. The van der Waals surface area contributed by atoms with E-state index in [0.717, 1.165) is 57.6 Å². The molecular formula is C15H25N5O. The first kappa shape index (κ1) is 14.7. The minimum absolute atomic E-state index is 0.620. The van der Waals surface area contributed by atoms with Crippen molar-refractivity contribution < 1.29 is 4.74 Å². The zero-order valence-corrected chi connectivity index (χ0v) is 13.0. The molecule has 1 N–H and O–H groups in total. The van der Waals surface area contributed by atoms with Crippen LogP contribution >= 0.6 is 0 Å². The van der Waals surface area contributed by atoms with Gasteiger partial charge in [-0.1, -0.05) is 0 Å². The average Bonchev–Trinajstić information content (AvgIpc) is 3.00. The number of morpholine rings is 1. The van der Waals surface area contributed by atoms with E-state index in [0.29, 0.717) is 6.04 Å². The van der Waals surface area contributed by atoms with E-state index in [1.807, 2.05) is 13.2 Å². The minimum Gasteiger partial charge on any atom is -0.379 e. The van der Waals surface area contributed by atoms with E-state index >= 15 is 0 Å². The summed E-state index contributed by atoms with van der Waals surface area (Å²) in [5.74, 6) is 0.878. The van der Waals surface area contributed by atoms with Crippen LogP contribution in [0.5, 0.6) is 0 Å².